The molecule has 1 aliphatic heterocycles. The smallest absolute Gasteiger partial charge is 0.259 e. The monoisotopic (exact) mass is 327 g/mol. The lowest BCUT2D eigenvalue weighted by atomic mass is 10.1. The second-order valence-corrected chi connectivity index (χ2v) is 6.40. The molecule has 0 bridgehead atoms. The molecule has 1 aromatic carbocycles. The molecule has 1 aliphatic carbocycles. The first kappa shape index (κ1) is 15.2. The van der Waals surface area contributed by atoms with Gasteiger partial charge in [0.05, 0.1) is 23.6 Å². The summed E-state index contributed by atoms with van der Waals surface area (Å²) in [5.41, 5.74) is 2.29. The predicted octanol–water partition coefficient (Wildman–Crippen LogP) is 3.10. The summed E-state index contributed by atoms with van der Waals surface area (Å²) in [7, 11) is 0. The average molecular weight is 327 g/mol. The Balaban J connectivity index is 1.39. The van der Waals surface area contributed by atoms with E-state index < -0.39 is 0 Å². The van der Waals surface area contributed by atoms with E-state index in [2.05, 4.69) is 15.5 Å². The molecule has 2 fully saturated rings. The minimum atomic E-state index is -0.137. The predicted molar refractivity (Wildman–Crippen MR) is 89.4 cm³/mol. The maximum Gasteiger partial charge on any atom is 0.259 e. The van der Waals surface area contributed by atoms with Crippen molar-refractivity contribution in [1.29, 1.82) is 0 Å². The van der Waals surface area contributed by atoms with Crippen LogP contribution in [0, 0.1) is 0 Å². The number of H-pyrrole nitrogens is 1. The van der Waals surface area contributed by atoms with Crippen molar-refractivity contribution in [3.63, 3.8) is 0 Å². The number of rotatable bonds is 6. The van der Waals surface area contributed by atoms with Crippen LogP contribution in [-0.4, -0.2) is 35.4 Å². The van der Waals surface area contributed by atoms with Gasteiger partial charge in [0.2, 0.25) is 0 Å². The lowest BCUT2D eigenvalue weighted by molar-refractivity contribution is 0.0680. The van der Waals surface area contributed by atoms with Crippen LogP contribution < -0.4 is 10.1 Å². The van der Waals surface area contributed by atoms with Gasteiger partial charge in [-0.3, -0.25) is 9.89 Å². The normalized spacial score (nSPS) is 20.1. The van der Waals surface area contributed by atoms with Crippen LogP contribution in [0.2, 0.25) is 0 Å². The van der Waals surface area contributed by atoms with Crippen molar-refractivity contribution >= 4 is 11.6 Å². The topological polar surface area (TPSA) is 76.2 Å². The Morgan fingerprint density at radius 2 is 2.29 bits per heavy atom. The first-order chi connectivity index (χ1) is 11.8. The number of anilines is 1. The molecular formula is C18H21N3O3. The third-order valence-electron chi connectivity index (χ3n) is 4.45. The van der Waals surface area contributed by atoms with Gasteiger partial charge in [0, 0.05) is 24.3 Å². The fourth-order valence-corrected chi connectivity index (χ4v) is 2.99. The van der Waals surface area contributed by atoms with E-state index in [1.807, 2.05) is 24.3 Å². The van der Waals surface area contributed by atoms with Gasteiger partial charge in [-0.2, -0.15) is 5.10 Å². The quantitative estimate of drug-likeness (QED) is 0.855. The Morgan fingerprint density at radius 3 is 3.08 bits per heavy atom. The maximum absolute atomic E-state index is 12.5. The van der Waals surface area contributed by atoms with Crippen molar-refractivity contribution in [3.8, 4) is 5.75 Å². The van der Waals surface area contributed by atoms with E-state index in [1.165, 1.54) is 0 Å². The van der Waals surface area contributed by atoms with E-state index in [0.29, 0.717) is 23.8 Å². The highest BCUT2D eigenvalue weighted by Gasteiger charge is 2.29. The van der Waals surface area contributed by atoms with E-state index >= 15 is 0 Å². The summed E-state index contributed by atoms with van der Waals surface area (Å²) < 4.78 is 11.3. The molecule has 2 aromatic rings. The van der Waals surface area contributed by atoms with E-state index in [9.17, 15) is 4.79 Å². The number of nitrogens with zero attached hydrogens (tertiary/aromatic N) is 1. The summed E-state index contributed by atoms with van der Waals surface area (Å²) in [6, 6.07) is 7.45. The minimum Gasteiger partial charge on any atom is -0.491 e. The molecule has 6 heteroatoms. The Hall–Kier alpha value is -2.34. The number of aromatic nitrogens is 2. The van der Waals surface area contributed by atoms with Crippen LogP contribution in [0.4, 0.5) is 5.69 Å². The number of nitrogens with one attached hydrogen (secondary N) is 2. The van der Waals surface area contributed by atoms with Gasteiger partial charge in [-0.1, -0.05) is 6.07 Å². The number of carbonyl (C=O) groups excluding carboxylic acids is 1. The van der Waals surface area contributed by atoms with Gasteiger partial charge in [0.25, 0.3) is 5.91 Å². The van der Waals surface area contributed by atoms with Crippen molar-refractivity contribution in [2.45, 2.75) is 37.7 Å². The summed E-state index contributed by atoms with van der Waals surface area (Å²) in [6.45, 7) is 1.36. The molecule has 1 aromatic heterocycles. The number of aromatic amines is 1. The van der Waals surface area contributed by atoms with Crippen LogP contribution in [0.5, 0.6) is 5.75 Å². The van der Waals surface area contributed by atoms with Crippen LogP contribution in [0.25, 0.3) is 0 Å². The molecule has 0 unspecified atom stereocenters. The molecule has 1 saturated heterocycles. The summed E-state index contributed by atoms with van der Waals surface area (Å²) in [4.78, 5) is 12.5. The molecule has 1 saturated carbocycles. The molecule has 6 nitrogen and oxygen atoms in total. The van der Waals surface area contributed by atoms with Gasteiger partial charge in [0.15, 0.2) is 0 Å². The van der Waals surface area contributed by atoms with Gasteiger partial charge in [-0.15, -0.1) is 0 Å². The van der Waals surface area contributed by atoms with Crippen molar-refractivity contribution in [3.05, 3.63) is 41.7 Å². The van der Waals surface area contributed by atoms with Crippen molar-refractivity contribution < 1.29 is 14.3 Å². The van der Waals surface area contributed by atoms with E-state index in [0.717, 1.165) is 43.7 Å². The molecule has 0 spiro atoms. The summed E-state index contributed by atoms with van der Waals surface area (Å²) >= 11 is 0. The van der Waals surface area contributed by atoms with Crippen molar-refractivity contribution in [2.75, 3.05) is 18.5 Å². The first-order valence-corrected chi connectivity index (χ1v) is 8.48. The zero-order valence-electron chi connectivity index (χ0n) is 13.5. The molecule has 0 radical (unpaired) electrons. The van der Waals surface area contributed by atoms with E-state index in [4.69, 9.17) is 9.47 Å². The van der Waals surface area contributed by atoms with Crippen LogP contribution in [0.15, 0.2) is 30.5 Å². The van der Waals surface area contributed by atoms with Crippen molar-refractivity contribution in [2.24, 2.45) is 0 Å². The highest BCUT2D eigenvalue weighted by atomic mass is 16.5. The van der Waals surface area contributed by atoms with E-state index in [-0.39, 0.29) is 12.0 Å². The SMILES string of the molecule is O=C(Nc1cccc(OC[C@@H]2CCCO2)c1)c1cn[nH]c1C1CC1. The maximum atomic E-state index is 12.5. The Kier molecular flexibility index (Phi) is 4.21. The third-order valence-corrected chi connectivity index (χ3v) is 4.45. The fraction of sp³-hybridized carbons (Fsp3) is 0.444. The number of ether oxygens (including phenoxy) is 2. The summed E-state index contributed by atoms with van der Waals surface area (Å²) in [5, 5.41) is 9.89. The first-order valence-electron chi connectivity index (χ1n) is 8.48. The average Bonchev–Trinajstić information content (AvgIpc) is 3.11. The van der Waals surface area contributed by atoms with Gasteiger partial charge >= 0.3 is 0 Å². The number of hydrogen-bond acceptors (Lipinski definition) is 4. The second kappa shape index (κ2) is 6.65. The Bertz CT molecular complexity index is 718. The number of amides is 1. The standard InChI is InChI=1S/C18H21N3O3/c22-18(16-10-19-21-17(16)12-6-7-12)20-13-3-1-4-14(9-13)24-11-15-5-2-8-23-15/h1,3-4,9-10,12,15H,2,5-8,11H2,(H,19,21)(H,20,22)/t15-/m0/s1. The molecule has 2 aliphatic rings. The number of carbonyl (C=O) groups is 1. The Labute approximate surface area is 140 Å². The molecule has 4 rings (SSSR count). The van der Waals surface area contributed by atoms with Crippen LogP contribution in [0.1, 0.15) is 47.7 Å². The molecule has 2 heterocycles. The van der Waals surface area contributed by atoms with Gasteiger partial charge < -0.3 is 14.8 Å². The largest absolute Gasteiger partial charge is 0.491 e. The third kappa shape index (κ3) is 3.43. The molecule has 126 valence electrons. The lowest BCUT2D eigenvalue weighted by Gasteiger charge is -2.12. The van der Waals surface area contributed by atoms with Crippen LogP contribution in [-0.2, 0) is 4.74 Å². The van der Waals surface area contributed by atoms with Crippen LogP contribution >= 0.6 is 0 Å². The van der Waals surface area contributed by atoms with Gasteiger partial charge in [0.1, 0.15) is 12.4 Å². The molecule has 24 heavy (non-hydrogen) atoms. The zero-order chi connectivity index (χ0) is 16.4. The van der Waals surface area contributed by atoms with Gasteiger partial charge in [-0.25, -0.2) is 0 Å². The highest BCUT2D eigenvalue weighted by molar-refractivity contribution is 6.05. The minimum absolute atomic E-state index is 0.137. The molecule has 1 atom stereocenters. The highest BCUT2D eigenvalue weighted by Crippen LogP contribution is 2.40. The van der Waals surface area contributed by atoms with Gasteiger partial charge in [-0.05, 0) is 37.8 Å². The second-order valence-electron chi connectivity index (χ2n) is 6.40. The van der Waals surface area contributed by atoms with Crippen LogP contribution in [0.3, 0.4) is 0 Å². The molecular weight excluding hydrogens is 306 g/mol. The molecule has 1 amide bonds. The van der Waals surface area contributed by atoms with E-state index in [1.54, 1.807) is 6.20 Å². The summed E-state index contributed by atoms with van der Waals surface area (Å²) in [6.07, 6.45) is 6.15. The Morgan fingerprint density at radius 1 is 1.38 bits per heavy atom. The number of benzene rings is 1. The lowest BCUT2D eigenvalue weighted by Crippen LogP contribution is -2.16. The number of hydrogen-bond donors (Lipinski definition) is 2. The van der Waals surface area contributed by atoms with Crippen molar-refractivity contribution in [1.82, 2.24) is 10.2 Å². The fourth-order valence-electron chi connectivity index (χ4n) is 2.99. The zero-order valence-corrected chi connectivity index (χ0v) is 13.5. The molecule has 2 N–H and O–H groups in total. The summed E-state index contributed by atoms with van der Waals surface area (Å²) in [5.74, 6) is 1.05.